The lowest BCUT2D eigenvalue weighted by molar-refractivity contribution is 0.354. The maximum absolute atomic E-state index is 6.25. The van der Waals surface area contributed by atoms with Crippen molar-refractivity contribution >= 4 is 27.5 Å². The van der Waals surface area contributed by atoms with Gasteiger partial charge in [-0.2, -0.15) is 0 Å². The Morgan fingerprint density at radius 2 is 1.95 bits per heavy atom. The molecule has 0 saturated carbocycles. The molecule has 1 unspecified atom stereocenters. The van der Waals surface area contributed by atoms with Gasteiger partial charge in [0.1, 0.15) is 5.75 Å². The van der Waals surface area contributed by atoms with Crippen molar-refractivity contribution in [2.45, 2.75) is 25.1 Å². The molecule has 0 bridgehead atoms. The molecule has 0 spiro atoms. The molecule has 20 heavy (non-hydrogen) atoms. The van der Waals surface area contributed by atoms with Crippen molar-refractivity contribution in [1.29, 1.82) is 0 Å². The zero-order chi connectivity index (χ0) is 14.3. The summed E-state index contributed by atoms with van der Waals surface area (Å²) in [5.41, 5.74) is 6.13. The average molecular weight is 352 g/mol. The predicted octanol–water partition coefficient (Wildman–Crippen LogP) is 5.38. The van der Waals surface area contributed by atoms with E-state index in [2.05, 4.69) is 48.0 Å². The van der Waals surface area contributed by atoms with Crippen LogP contribution in [-0.4, -0.2) is 6.61 Å². The minimum atomic E-state index is 0.105. The van der Waals surface area contributed by atoms with Crippen LogP contribution in [0.25, 0.3) is 0 Å². The Morgan fingerprint density at radius 1 is 1.15 bits per heavy atom. The van der Waals surface area contributed by atoms with E-state index in [-0.39, 0.29) is 4.83 Å². The van der Waals surface area contributed by atoms with Gasteiger partial charge in [0.15, 0.2) is 0 Å². The number of hydrogen-bond acceptors (Lipinski definition) is 1. The minimum absolute atomic E-state index is 0.105. The standard InChI is InChI=1S/C17H16BrClO/c1-10-3-4-11(2)14(7-10)16(18)15-9-13(19)8-12-5-6-20-17(12)15/h3-4,7-9,16H,5-6H2,1-2H3. The van der Waals surface area contributed by atoms with Gasteiger partial charge in [0, 0.05) is 17.0 Å². The van der Waals surface area contributed by atoms with Gasteiger partial charge >= 0.3 is 0 Å². The van der Waals surface area contributed by atoms with Crippen molar-refractivity contribution in [3.63, 3.8) is 0 Å². The molecular weight excluding hydrogens is 336 g/mol. The van der Waals surface area contributed by atoms with Crippen molar-refractivity contribution in [2.75, 3.05) is 6.61 Å². The summed E-state index contributed by atoms with van der Waals surface area (Å²) in [7, 11) is 0. The molecule has 2 aromatic carbocycles. The Bertz CT molecular complexity index is 666. The second kappa shape index (κ2) is 5.42. The minimum Gasteiger partial charge on any atom is -0.493 e. The van der Waals surface area contributed by atoms with Gasteiger partial charge in [-0.3, -0.25) is 0 Å². The third-order valence-electron chi connectivity index (χ3n) is 3.76. The molecule has 104 valence electrons. The number of halogens is 2. The first kappa shape index (κ1) is 14.0. The highest BCUT2D eigenvalue weighted by molar-refractivity contribution is 9.09. The second-order valence-corrected chi connectivity index (χ2v) is 6.66. The largest absolute Gasteiger partial charge is 0.493 e. The molecule has 0 fully saturated rings. The van der Waals surface area contributed by atoms with Gasteiger partial charge in [-0.15, -0.1) is 0 Å². The van der Waals surface area contributed by atoms with Gasteiger partial charge < -0.3 is 4.74 Å². The van der Waals surface area contributed by atoms with Gasteiger partial charge in [-0.05, 0) is 42.7 Å². The molecule has 0 N–H and O–H groups in total. The van der Waals surface area contributed by atoms with E-state index in [1.807, 2.05) is 12.1 Å². The lowest BCUT2D eigenvalue weighted by Crippen LogP contribution is -1.99. The van der Waals surface area contributed by atoms with Gasteiger partial charge in [0.25, 0.3) is 0 Å². The molecule has 1 aliphatic rings. The fraction of sp³-hybridized carbons (Fsp3) is 0.294. The van der Waals surface area contributed by atoms with Gasteiger partial charge in [0.05, 0.1) is 11.4 Å². The second-order valence-electron chi connectivity index (χ2n) is 5.30. The van der Waals surface area contributed by atoms with E-state index in [1.165, 1.54) is 22.3 Å². The van der Waals surface area contributed by atoms with Crippen molar-refractivity contribution in [3.8, 4) is 5.75 Å². The lowest BCUT2D eigenvalue weighted by atomic mass is 9.96. The van der Waals surface area contributed by atoms with Gasteiger partial charge in [0.2, 0.25) is 0 Å². The van der Waals surface area contributed by atoms with Crippen LogP contribution < -0.4 is 4.74 Å². The molecule has 0 aromatic heterocycles. The molecule has 0 amide bonds. The maximum Gasteiger partial charge on any atom is 0.127 e. The smallest absolute Gasteiger partial charge is 0.127 e. The predicted molar refractivity (Wildman–Crippen MR) is 87.3 cm³/mol. The fourth-order valence-electron chi connectivity index (χ4n) is 2.69. The molecule has 3 rings (SSSR count). The molecule has 1 atom stereocenters. The van der Waals surface area contributed by atoms with E-state index in [0.29, 0.717) is 0 Å². The summed E-state index contributed by atoms with van der Waals surface area (Å²) in [6, 6.07) is 10.5. The average Bonchev–Trinajstić information content (AvgIpc) is 2.87. The Balaban J connectivity index is 2.11. The van der Waals surface area contributed by atoms with Crippen molar-refractivity contribution in [3.05, 3.63) is 63.2 Å². The summed E-state index contributed by atoms with van der Waals surface area (Å²) >= 11 is 10.1. The van der Waals surface area contributed by atoms with Crippen LogP contribution in [-0.2, 0) is 6.42 Å². The number of fused-ring (bicyclic) bond motifs is 1. The third kappa shape index (κ3) is 2.47. The monoisotopic (exact) mass is 350 g/mol. The van der Waals surface area contributed by atoms with Crippen LogP contribution in [0.3, 0.4) is 0 Å². The number of alkyl halides is 1. The van der Waals surface area contributed by atoms with Gasteiger partial charge in [-0.25, -0.2) is 0 Å². The molecule has 1 heterocycles. The third-order valence-corrected chi connectivity index (χ3v) is 4.96. The number of aryl methyl sites for hydroxylation is 2. The summed E-state index contributed by atoms with van der Waals surface area (Å²) in [6.45, 7) is 4.99. The summed E-state index contributed by atoms with van der Waals surface area (Å²) in [5.74, 6) is 0.997. The molecule has 3 heteroatoms. The molecule has 1 nitrogen and oxygen atoms in total. The first-order chi connectivity index (χ1) is 9.56. The SMILES string of the molecule is Cc1ccc(C)c(C(Br)c2cc(Cl)cc3c2OCC3)c1. The number of hydrogen-bond donors (Lipinski definition) is 0. The molecule has 0 radical (unpaired) electrons. The Kier molecular flexibility index (Phi) is 3.78. The van der Waals surface area contributed by atoms with Crippen molar-refractivity contribution in [1.82, 2.24) is 0 Å². The first-order valence-electron chi connectivity index (χ1n) is 6.72. The summed E-state index contributed by atoms with van der Waals surface area (Å²) in [6.07, 6.45) is 0.940. The van der Waals surface area contributed by atoms with Crippen molar-refractivity contribution < 1.29 is 4.74 Å². The zero-order valence-corrected chi connectivity index (χ0v) is 13.9. The van der Waals surface area contributed by atoms with E-state index in [4.69, 9.17) is 16.3 Å². The fourth-order valence-corrected chi connectivity index (χ4v) is 3.77. The van der Waals surface area contributed by atoms with E-state index >= 15 is 0 Å². The summed E-state index contributed by atoms with van der Waals surface area (Å²) < 4.78 is 5.81. The van der Waals surface area contributed by atoms with Crippen LogP contribution in [0, 0.1) is 13.8 Å². The van der Waals surface area contributed by atoms with Crippen LogP contribution >= 0.6 is 27.5 Å². The summed E-state index contributed by atoms with van der Waals surface area (Å²) in [5, 5.41) is 0.777. The van der Waals surface area contributed by atoms with E-state index in [1.54, 1.807) is 0 Å². The molecular formula is C17H16BrClO. The summed E-state index contributed by atoms with van der Waals surface area (Å²) in [4.78, 5) is 0.105. The molecule has 1 aliphatic heterocycles. The Labute approximate surface area is 133 Å². The van der Waals surface area contributed by atoms with Crippen LogP contribution in [0.15, 0.2) is 30.3 Å². The highest BCUT2D eigenvalue weighted by Gasteiger charge is 2.23. The Morgan fingerprint density at radius 3 is 2.75 bits per heavy atom. The van der Waals surface area contributed by atoms with Crippen molar-refractivity contribution in [2.24, 2.45) is 0 Å². The van der Waals surface area contributed by atoms with Crippen LogP contribution in [0.4, 0.5) is 0 Å². The van der Waals surface area contributed by atoms with E-state index in [9.17, 15) is 0 Å². The zero-order valence-electron chi connectivity index (χ0n) is 11.5. The number of benzene rings is 2. The highest BCUT2D eigenvalue weighted by Crippen LogP contribution is 2.43. The molecule has 0 aliphatic carbocycles. The molecule has 0 saturated heterocycles. The van der Waals surface area contributed by atoms with Crippen LogP contribution in [0.5, 0.6) is 5.75 Å². The van der Waals surface area contributed by atoms with E-state index in [0.717, 1.165) is 29.4 Å². The Hall–Kier alpha value is -0.990. The quantitative estimate of drug-likeness (QED) is 0.660. The normalized spacial score (nSPS) is 14.8. The maximum atomic E-state index is 6.25. The van der Waals surface area contributed by atoms with Crippen LogP contribution in [0.1, 0.15) is 32.6 Å². The first-order valence-corrected chi connectivity index (χ1v) is 8.02. The lowest BCUT2D eigenvalue weighted by Gasteiger charge is -2.17. The number of ether oxygens (including phenoxy) is 1. The molecule has 2 aromatic rings. The van der Waals surface area contributed by atoms with Gasteiger partial charge in [-0.1, -0.05) is 51.3 Å². The van der Waals surface area contributed by atoms with Crippen LogP contribution in [0.2, 0.25) is 5.02 Å². The topological polar surface area (TPSA) is 9.23 Å². The number of rotatable bonds is 2. The van der Waals surface area contributed by atoms with E-state index < -0.39 is 0 Å². The highest BCUT2D eigenvalue weighted by atomic mass is 79.9.